The first-order valence-corrected chi connectivity index (χ1v) is 7.22. The van der Waals surface area contributed by atoms with Crippen molar-refractivity contribution in [2.75, 3.05) is 6.26 Å². The molecule has 0 amide bonds. The Morgan fingerprint density at radius 3 is 2.39 bits per heavy atom. The minimum Gasteiger partial charge on any atom is -0.324 e. The maximum atomic E-state index is 11.3. The quantitative estimate of drug-likeness (QED) is 0.893. The second-order valence-corrected chi connectivity index (χ2v) is 5.87. The van der Waals surface area contributed by atoms with Crippen LogP contribution in [0, 0.1) is 0 Å². The van der Waals surface area contributed by atoms with Crippen molar-refractivity contribution in [3.05, 3.63) is 42.4 Å². The average Bonchev–Trinajstić information content (AvgIpc) is 2.38. The SMILES string of the molecule is CS(=O)(=O)c1ccc(-c2ccnc(CN)n2)cc1. The Morgan fingerprint density at radius 1 is 1.17 bits per heavy atom. The summed E-state index contributed by atoms with van der Waals surface area (Å²) < 4.78 is 22.7. The third-order valence-electron chi connectivity index (χ3n) is 2.47. The number of benzene rings is 1. The highest BCUT2D eigenvalue weighted by Crippen LogP contribution is 2.19. The molecule has 0 radical (unpaired) electrons. The molecule has 0 aliphatic carbocycles. The predicted octanol–water partition coefficient (Wildman–Crippen LogP) is 1.01. The summed E-state index contributed by atoms with van der Waals surface area (Å²) in [4.78, 5) is 8.57. The molecule has 6 heteroatoms. The van der Waals surface area contributed by atoms with Crippen molar-refractivity contribution in [2.45, 2.75) is 11.4 Å². The van der Waals surface area contributed by atoms with Crippen molar-refractivity contribution in [3.8, 4) is 11.3 Å². The number of sulfone groups is 1. The van der Waals surface area contributed by atoms with Gasteiger partial charge in [0.2, 0.25) is 0 Å². The lowest BCUT2D eigenvalue weighted by molar-refractivity contribution is 0.602. The average molecular weight is 263 g/mol. The van der Waals surface area contributed by atoms with E-state index in [1.165, 1.54) is 6.26 Å². The minimum absolute atomic E-state index is 0.273. The van der Waals surface area contributed by atoms with Crippen LogP contribution in [0.1, 0.15) is 5.82 Å². The summed E-state index contributed by atoms with van der Waals surface area (Å²) in [6.45, 7) is 0.273. The fraction of sp³-hybridized carbons (Fsp3) is 0.167. The van der Waals surface area contributed by atoms with Crippen LogP contribution in [-0.4, -0.2) is 24.6 Å². The van der Waals surface area contributed by atoms with Gasteiger partial charge in [-0.3, -0.25) is 0 Å². The lowest BCUT2D eigenvalue weighted by atomic mass is 10.1. The van der Waals surface area contributed by atoms with Crippen molar-refractivity contribution in [2.24, 2.45) is 5.73 Å². The minimum atomic E-state index is -3.17. The van der Waals surface area contributed by atoms with Crippen molar-refractivity contribution < 1.29 is 8.42 Å². The van der Waals surface area contributed by atoms with Gasteiger partial charge in [-0.25, -0.2) is 18.4 Å². The molecule has 0 saturated carbocycles. The highest BCUT2D eigenvalue weighted by atomic mass is 32.2. The van der Waals surface area contributed by atoms with Crippen molar-refractivity contribution in [1.82, 2.24) is 9.97 Å². The Kier molecular flexibility index (Phi) is 3.40. The molecule has 0 aliphatic heterocycles. The number of rotatable bonds is 3. The third-order valence-corrected chi connectivity index (χ3v) is 3.59. The summed E-state index contributed by atoms with van der Waals surface area (Å²) in [5.41, 5.74) is 7.03. The van der Waals surface area contributed by atoms with Crippen LogP contribution in [0.3, 0.4) is 0 Å². The molecule has 0 unspecified atom stereocenters. The van der Waals surface area contributed by atoms with Crippen LogP contribution < -0.4 is 5.73 Å². The molecule has 1 aromatic carbocycles. The summed E-state index contributed by atoms with van der Waals surface area (Å²) in [6.07, 6.45) is 2.81. The monoisotopic (exact) mass is 263 g/mol. The van der Waals surface area contributed by atoms with E-state index in [-0.39, 0.29) is 6.54 Å². The molecule has 5 nitrogen and oxygen atoms in total. The number of nitrogens with two attached hydrogens (primary N) is 1. The lowest BCUT2D eigenvalue weighted by Gasteiger charge is -2.03. The van der Waals surface area contributed by atoms with Crippen molar-refractivity contribution >= 4 is 9.84 Å². The van der Waals surface area contributed by atoms with Gasteiger partial charge in [-0.2, -0.15) is 0 Å². The Bertz CT molecular complexity index is 651. The largest absolute Gasteiger partial charge is 0.324 e. The number of nitrogens with zero attached hydrogens (tertiary/aromatic N) is 2. The van der Waals surface area contributed by atoms with E-state index in [9.17, 15) is 8.42 Å². The highest BCUT2D eigenvalue weighted by molar-refractivity contribution is 7.90. The van der Waals surface area contributed by atoms with Crippen molar-refractivity contribution in [3.63, 3.8) is 0 Å². The molecule has 1 aromatic heterocycles. The van der Waals surface area contributed by atoms with Crippen LogP contribution in [0.25, 0.3) is 11.3 Å². The summed E-state index contributed by atoms with van der Waals surface area (Å²) in [6, 6.07) is 8.33. The molecule has 0 saturated heterocycles. The molecular weight excluding hydrogens is 250 g/mol. The summed E-state index contributed by atoms with van der Waals surface area (Å²) in [7, 11) is -3.17. The molecule has 2 rings (SSSR count). The van der Waals surface area contributed by atoms with E-state index in [2.05, 4.69) is 9.97 Å². The molecule has 0 atom stereocenters. The first kappa shape index (κ1) is 12.7. The van der Waals surface area contributed by atoms with Crippen LogP contribution in [0.2, 0.25) is 0 Å². The van der Waals surface area contributed by atoms with Crippen molar-refractivity contribution in [1.29, 1.82) is 0 Å². The summed E-state index contributed by atoms with van der Waals surface area (Å²) in [5, 5.41) is 0. The van der Waals surface area contributed by atoms with Gasteiger partial charge in [0, 0.05) is 18.0 Å². The molecule has 94 valence electrons. The molecule has 2 N–H and O–H groups in total. The Labute approximate surface area is 106 Å². The van der Waals surface area contributed by atoms with E-state index in [1.54, 1.807) is 36.5 Å². The summed E-state index contributed by atoms with van der Waals surface area (Å²) in [5.74, 6) is 0.555. The van der Waals surface area contributed by atoms with Gasteiger partial charge in [0.25, 0.3) is 0 Å². The van der Waals surface area contributed by atoms with Gasteiger partial charge < -0.3 is 5.73 Å². The van der Waals surface area contributed by atoms with Gasteiger partial charge in [0.1, 0.15) is 5.82 Å². The second kappa shape index (κ2) is 4.83. The molecule has 0 fully saturated rings. The van der Waals surface area contributed by atoms with Crippen LogP contribution in [0.15, 0.2) is 41.4 Å². The van der Waals surface area contributed by atoms with Gasteiger partial charge in [0.15, 0.2) is 9.84 Å². The molecule has 0 aliphatic rings. The predicted molar refractivity (Wildman–Crippen MR) is 68.5 cm³/mol. The maximum Gasteiger partial charge on any atom is 0.175 e. The molecular formula is C12H13N3O2S. The first-order chi connectivity index (χ1) is 8.50. The molecule has 0 spiro atoms. The highest BCUT2D eigenvalue weighted by Gasteiger charge is 2.07. The number of aromatic nitrogens is 2. The van der Waals surface area contributed by atoms with E-state index >= 15 is 0 Å². The van der Waals surface area contributed by atoms with E-state index < -0.39 is 9.84 Å². The van der Waals surface area contributed by atoms with Gasteiger partial charge in [-0.1, -0.05) is 12.1 Å². The first-order valence-electron chi connectivity index (χ1n) is 5.33. The van der Waals surface area contributed by atoms with Crippen LogP contribution in [0.5, 0.6) is 0 Å². The molecule has 18 heavy (non-hydrogen) atoms. The third kappa shape index (κ3) is 2.72. The number of hydrogen-bond acceptors (Lipinski definition) is 5. The normalized spacial score (nSPS) is 11.4. The zero-order chi connectivity index (χ0) is 13.2. The van der Waals surface area contributed by atoms with E-state index in [0.717, 1.165) is 11.3 Å². The van der Waals surface area contributed by atoms with Crippen LogP contribution >= 0.6 is 0 Å². The standard InChI is InChI=1S/C12H13N3O2S/c1-18(16,17)10-4-2-9(3-5-10)11-6-7-14-12(8-13)15-11/h2-7H,8,13H2,1H3. The van der Waals surface area contributed by atoms with Crippen LogP contribution in [-0.2, 0) is 16.4 Å². The fourth-order valence-corrected chi connectivity index (χ4v) is 2.16. The van der Waals surface area contributed by atoms with E-state index in [1.807, 2.05) is 0 Å². The molecule has 0 bridgehead atoms. The Balaban J connectivity index is 2.40. The van der Waals surface area contributed by atoms with Crippen LogP contribution in [0.4, 0.5) is 0 Å². The topological polar surface area (TPSA) is 85.9 Å². The van der Waals surface area contributed by atoms with Gasteiger partial charge >= 0.3 is 0 Å². The van der Waals surface area contributed by atoms with Gasteiger partial charge in [-0.05, 0) is 18.2 Å². The molecule has 1 heterocycles. The molecule has 2 aromatic rings. The summed E-state index contributed by atoms with van der Waals surface area (Å²) >= 11 is 0. The lowest BCUT2D eigenvalue weighted by Crippen LogP contribution is -2.03. The zero-order valence-corrected chi connectivity index (χ0v) is 10.7. The van der Waals surface area contributed by atoms with Gasteiger partial charge in [0.05, 0.1) is 17.1 Å². The van der Waals surface area contributed by atoms with Gasteiger partial charge in [-0.15, -0.1) is 0 Å². The Morgan fingerprint density at radius 2 is 1.83 bits per heavy atom. The maximum absolute atomic E-state index is 11.3. The number of hydrogen-bond donors (Lipinski definition) is 1. The smallest absolute Gasteiger partial charge is 0.175 e. The second-order valence-electron chi connectivity index (χ2n) is 3.86. The van der Waals surface area contributed by atoms with E-state index in [4.69, 9.17) is 5.73 Å². The fourth-order valence-electron chi connectivity index (χ4n) is 1.53. The Hall–Kier alpha value is -1.79. The van der Waals surface area contributed by atoms with E-state index in [0.29, 0.717) is 10.7 Å². The zero-order valence-electron chi connectivity index (χ0n) is 9.87.